The molecule has 0 unspecified atom stereocenters. The lowest BCUT2D eigenvalue weighted by Crippen LogP contribution is -2.00. The van der Waals surface area contributed by atoms with Crippen LogP contribution in [0.1, 0.15) is 19.3 Å². The van der Waals surface area contributed by atoms with Gasteiger partial charge in [0.15, 0.2) is 0 Å². The molecule has 0 atom stereocenters. The first kappa shape index (κ1) is 16.0. The first-order valence-electron chi connectivity index (χ1n) is 7.22. The molecule has 120 valence electrons. The number of methoxy groups -OCH3 is 1. The van der Waals surface area contributed by atoms with Crippen LogP contribution in [0, 0.1) is 0 Å². The van der Waals surface area contributed by atoms with Gasteiger partial charge in [0.1, 0.15) is 9.75 Å². The van der Waals surface area contributed by atoms with Crippen molar-refractivity contribution in [3.05, 3.63) is 70.4 Å². The first-order chi connectivity index (χ1) is 11.6. The van der Waals surface area contributed by atoms with E-state index in [0.29, 0.717) is 16.0 Å². The monoisotopic (exact) mass is 338 g/mol. The number of esters is 1. The Kier molecular flexibility index (Phi) is 4.44. The third-order valence-electron chi connectivity index (χ3n) is 3.60. The van der Waals surface area contributed by atoms with Crippen LogP contribution in [0.4, 0.5) is 0 Å². The van der Waals surface area contributed by atoms with Gasteiger partial charge in [-0.15, -0.1) is 11.3 Å². The van der Waals surface area contributed by atoms with Crippen molar-refractivity contribution in [1.29, 1.82) is 0 Å². The molecule has 2 aromatic carbocycles. The molecule has 1 aromatic heterocycles. The molecule has 0 saturated heterocycles. The fraction of sp³-hybridized carbons (Fsp3) is 0.0526. The number of carbonyl (C=O) groups excluding carboxylic acids is 1. The molecule has 3 rings (SSSR count). The fourth-order valence-corrected chi connectivity index (χ4v) is 3.68. The van der Waals surface area contributed by atoms with E-state index < -0.39 is 11.9 Å². The number of carboxylic acids is 1. The summed E-state index contributed by atoms with van der Waals surface area (Å²) in [7, 11) is 1.29. The maximum atomic E-state index is 12.2. The van der Waals surface area contributed by atoms with E-state index in [1.807, 2.05) is 60.7 Å². The van der Waals surface area contributed by atoms with Crippen molar-refractivity contribution >= 4 is 23.3 Å². The fourth-order valence-electron chi connectivity index (χ4n) is 2.58. The van der Waals surface area contributed by atoms with Crippen LogP contribution >= 0.6 is 11.3 Å². The highest BCUT2D eigenvalue weighted by Crippen LogP contribution is 2.43. The molecule has 0 fully saturated rings. The summed E-state index contributed by atoms with van der Waals surface area (Å²) in [6.45, 7) is 0. The summed E-state index contributed by atoms with van der Waals surface area (Å²) in [5, 5.41) is 9.62. The topological polar surface area (TPSA) is 63.6 Å². The van der Waals surface area contributed by atoms with Gasteiger partial charge in [0.25, 0.3) is 0 Å². The minimum absolute atomic E-state index is 0.125. The number of aromatic carboxylic acids is 1. The Morgan fingerprint density at radius 3 is 1.71 bits per heavy atom. The second-order valence-electron chi connectivity index (χ2n) is 5.04. The molecule has 0 aliphatic carbocycles. The Labute approximate surface area is 143 Å². The SMILES string of the molecule is COC(=O)c1sc(C(=O)O)c(-c2ccccc2)c1-c1ccccc1. The summed E-state index contributed by atoms with van der Waals surface area (Å²) in [6, 6.07) is 18.5. The molecule has 5 heteroatoms. The van der Waals surface area contributed by atoms with E-state index in [9.17, 15) is 14.7 Å². The summed E-state index contributed by atoms with van der Waals surface area (Å²) in [5.74, 6) is -1.60. The number of thiophene rings is 1. The van der Waals surface area contributed by atoms with Crippen LogP contribution in [-0.4, -0.2) is 24.2 Å². The van der Waals surface area contributed by atoms with Crippen molar-refractivity contribution in [2.75, 3.05) is 7.11 Å². The normalized spacial score (nSPS) is 10.4. The lowest BCUT2D eigenvalue weighted by molar-refractivity contribution is 0.0606. The van der Waals surface area contributed by atoms with E-state index in [0.717, 1.165) is 22.5 Å². The Hall–Kier alpha value is -2.92. The third kappa shape index (κ3) is 2.81. The summed E-state index contributed by atoms with van der Waals surface area (Å²) >= 11 is 0.943. The molecule has 24 heavy (non-hydrogen) atoms. The lowest BCUT2D eigenvalue weighted by atomic mass is 9.95. The second kappa shape index (κ2) is 6.68. The summed E-state index contributed by atoms with van der Waals surface area (Å²) < 4.78 is 4.86. The van der Waals surface area contributed by atoms with Gasteiger partial charge in [0.05, 0.1) is 7.11 Å². The minimum atomic E-state index is -1.06. The smallest absolute Gasteiger partial charge is 0.348 e. The molecular weight excluding hydrogens is 324 g/mol. The summed E-state index contributed by atoms with van der Waals surface area (Å²) in [4.78, 5) is 24.4. The van der Waals surface area contributed by atoms with Gasteiger partial charge in [-0.2, -0.15) is 0 Å². The van der Waals surface area contributed by atoms with E-state index >= 15 is 0 Å². The molecule has 0 spiro atoms. The maximum Gasteiger partial charge on any atom is 0.348 e. The molecule has 1 heterocycles. The van der Waals surface area contributed by atoms with Gasteiger partial charge in [-0.05, 0) is 11.1 Å². The molecule has 1 N–H and O–H groups in total. The number of rotatable bonds is 4. The van der Waals surface area contributed by atoms with E-state index in [2.05, 4.69) is 0 Å². The van der Waals surface area contributed by atoms with Crippen molar-refractivity contribution in [3.8, 4) is 22.3 Å². The highest BCUT2D eigenvalue weighted by Gasteiger charge is 2.28. The van der Waals surface area contributed by atoms with E-state index in [1.54, 1.807) is 0 Å². The lowest BCUT2D eigenvalue weighted by Gasteiger charge is -2.08. The molecule has 0 radical (unpaired) electrons. The van der Waals surface area contributed by atoms with Gasteiger partial charge >= 0.3 is 11.9 Å². The van der Waals surface area contributed by atoms with Crippen molar-refractivity contribution in [2.45, 2.75) is 0 Å². The quantitative estimate of drug-likeness (QED) is 0.708. The molecule has 0 bridgehead atoms. The zero-order valence-corrected chi connectivity index (χ0v) is 13.7. The molecule has 0 aliphatic heterocycles. The zero-order chi connectivity index (χ0) is 17.1. The van der Waals surface area contributed by atoms with Gasteiger partial charge in [-0.25, -0.2) is 9.59 Å². The van der Waals surface area contributed by atoms with Crippen LogP contribution < -0.4 is 0 Å². The molecular formula is C19H14O4S. The standard InChI is InChI=1S/C19H14O4S/c1-23-19(22)17-15(13-10-6-3-7-11-13)14(16(24-17)18(20)21)12-8-4-2-5-9-12/h2-11H,1H3,(H,20,21). The average Bonchev–Trinajstić information content (AvgIpc) is 3.03. The summed E-state index contributed by atoms with van der Waals surface area (Å²) in [5.41, 5.74) is 2.66. The Balaban J connectivity index is 2.39. The number of hydrogen-bond acceptors (Lipinski definition) is 4. The maximum absolute atomic E-state index is 12.2. The zero-order valence-electron chi connectivity index (χ0n) is 12.9. The highest BCUT2D eigenvalue weighted by atomic mass is 32.1. The summed E-state index contributed by atoms with van der Waals surface area (Å²) in [6.07, 6.45) is 0. The number of carbonyl (C=O) groups is 2. The largest absolute Gasteiger partial charge is 0.477 e. The van der Waals surface area contributed by atoms with Gasteiger partial charge in [-0.3, -0.25) is 0 Å². The van der Waals surface area contributed by atoms with Crippen molar-refractivity contribution in [1.82, 2.24) is 0 Å². The van der Waals surface area contributed by atoms with E-state index in [1.165, 1.54) is 7.11 Å². The van der Waals surface area contributed by atoms with Gasteiger partial charge < -0.3 is 9.84 Å². The highest BCUT2D eigenvalue weighted by molar-refractivity contribution is 7.17. The van der Waals surface area contributed by atoms with Crippen LogP contribution in [0.15, 0.2) is 60.7 Å². The minimum Gasteiger partial charge on any atom is -0.477 e. The molecule has 0 aliphatic rings. The van der Waals surface area contributed by atoms with Gasteiger partial charge in [-0.1, -0.05) is 60.7 Å². The van der Waals surface area contributed by atoms with Crippen LogP contribution in [0.25, 0.3) is 22.3 Å². The average molecular weight is 338 g/mol. The van der Waals surface area contributed by atoms with Crippen LogP contribution in [0.2, 0.25) is 0 Å². The number of carboxylic acid groups (broad SMARTS) is 1. The van der Waals surface area contributed by atoms with Crippen molar-refractivity contribution in [3.63, 3.8) is 0 Å². The predicted molar refractivity (Wildman–Crippen MR) is 93.5 cm³/mol. The Morgan fingerprint density at radius 2 is 1.29 bits per heavy atom. The number of hydrogen-bond donors (Lipinski definition) is 1. The van der Waals surface area contributed by atoms with Crippen LogP contribution in [0.5, 0.6) is 0 Å². The molecule has 0 amide bonds. The van der Waals surface area contributed by atoms with Crippen LogP contribution in [0.3, 0.4) is 0 Å². The van der Waals surface area contributed by atoms with Crippen molar-refractivity contribution in [2.24, 2.45) is 0 Å². The van der Waals surface area contributed by atoms with Gasteiger partial charge in [0.2, 0.25) is 0 Å². The predicted octanol–water partition coefficient (Wildman–Crippen LogP) is 4.57. The van der Waals surface area contributed by atoms with Gasteiger partial charge in [0, 0.05) is 11.1 Å². The first-order valence-corrected chi connectivity index (χ1v) is 8.04. The van der Waals surface area contributed by atoms with E-state index in [-0.39, 0.29) is 4.88 Å². The Bertz CT molecular complexity index is 882. The molecule has 0 saturated carbocycles. The number of benzene rings is 2. The molecule has 4 nitrogen and oxygen atoms in total. The van der Waals surface area contributed by atoms with Crippen molar-refractivity contribution < 1.29 is 19.4 Å². The van der Waals surface area contributed by atoms with Crippen LogP contribution in [-0.2, 0) is 4.74 Å². The van der Waals surface area contributed by atoms with E-state index in [4.69, 9.17) is 4.74 Å². The Morgan fingerprint density at radius 1 is 0.833 bits per heavy atom. The number of ether oxygens (including phenoxy) is 1. The molecule has 3 aromatic rings. The third-order valence-corrected chi connectivity index (χ3v) is 4.76. The second-order valence-corrected chi connectivity index (χ2v) is 6.06.